The molecule has 11 aromatic rings. The van der Waals surface area contributed by atoms with E-state index in [0.717, 1.165) is 0 Å². The third kappa shape index (κ3) is 5.11. The lowest BCUT2D eigenvalue weighted by atomic mass is 9.99. The first-order valence-corrected chi connectivity index (χ1v) is 19.3. The highest BCUT2D eigenvalue weighted by molar-refractivity contribution is 6.29. The third-order valence-electron chi connectivity index (χ3n) is 11.4. The van der Waals surface area contributed by atoms with E-state index in [1.807, 2.05) is 0 Å². The molecule has 0 saturated heterocycles. The predicted molar refractivity (Wildman–Crippen MR) is 237 cm³/mol. The Morgan fingerprint density at radius 1 is 0.214 bits per heavy atom. The summed E-state index contributed by atoms with van der Waals surface area (Å²) in [6.45, 7) is 0. The lowest BCUT2D eigenvalue weighted by Gasteiger charge is -2.15. The first-order chi connectivity index (χ1) is 27.8. The lowest BCUT2D eigenvalue weighted by molar-refractivity contribution is 1.17. The average Bonchev–Trinajstić information content (AvgIpc) is 3.80. The largest absolute Gasteiger partial charge is 0.309 e. The summed E-state index contributed by atoms with van der Waals surface area (Å²) in [7, 11) is 0. The van der Waals surface area contributed by atoms with Crippen molar-refractivity contribution in [3.05, 3.63) is 218 Å². The Bertz CT molecular complexity index is 2980. The monoisotopic (exact) mass is 712 g/mol. The number of fused-ring (bicyclic) bond motifs is 7. The number of rotatable bonds is 6. The maximum atomic E-state index is 2.47. The summed E-state index contributed by atoms with van der Waals surface area (Å²) in [6.07, 6.45) is 0. The highest BCUT2D eigenvalue weighted by Gasteiger charge is 2.22. The van der Waals surface area contributed by atoms with Crippen molar-refractivity contribution in [1.29, 1.82) is 0 Å². The second kappa shape index (κ2) is 13.2. The molecule has 0 fully saturated rings. The second-order valence-electron chi connectivity index (χ2n) is 14.5. The first kappa shape index (κ1) is 32.0. The third-order valence-corrected chi connectivity index (χ3v) is 11.4. The van der Waals surface area contributed by atoms with Crippen molar-refractivity contribution in [3.8, 4) is 55.9 Å². The van der Waals surface area contributed by atoms with E-state index < -0.39 is 0 Å². The molecule has 0 amide bonds. The molecular weight excluding hydrogens is 677 g/mol. The molecule has 2 heteroatoms. The van der Waals surface area contributed by atoms with Gasteiger partial charge in [0.05, 0.1) is 33.4 Å². The van der Waals surface area contributed by atoms with Gasteiger partial charge in [0.25, 0.3) is 0 Å². The average molecular weight is 713 g/mol. The maximum absolute atomic E-state index is 2.47. The van der Waals surface area contributed by atoms with Crippen molar-refractivity contribution in [2.75, 3.05) is 0 Å². The summed E-state index contributed by atoms with van der Waals surface area (Å²) in [5.74, 6) is 0. The quantitative estimate of drug-likeness (QED) is 0.162. The molecule has 0 spiro atoms. The van der Waals surface area contributed by atoms with E-state index in [9.17, 15) is 0 Å². The van der Waals surface area contributed by atoms with E-state index in [1.54, 1.807) is 0 Å². The van der Waals surface area contributed by atoms with Gasteiger partial charge in [-0.25, -0.2) is 0 Å². The number of benzene rings is 9. The fourth-order valence-corrected chi connectivity index (χ4v) is 8.81. The molecule has 0 bridgehead atoms. The van der Waals surface area contributed by atoms with E-state index in [4.69, 9.17) is 0 Å². The Morgan fingerprint density at radius 3 is 0.964 bits per heavy atom. The Balaban J connectivity index is 1.12. The van der Waals surface area contributed by atoms with Crippen LogP contribution in [-0.2, 0) is 0 Å². The van der Waals surface area contributed by atoms with Gasteiger partial charge in [-0.3, -0.25) is 0 Å². The Labute approximate surface area is 325 Å². The highest BCUT2D eigenvalue weighted by atomic mass is 15.0. The molecule has 2 aromatic heterocycles. The van der Waals surface area contributed by atoms with Crippen LogP contribution in [0.2, 0.25) is 0 Å². The van der Waals surface area contributed by atoms with Crippen LogP contribution in [0.4, 0.5) is 0 Å². The SMILES string of the molecule is c1ccc(-c2ccc(-c3ccccc3-n3c4ccccc4c4c5c6ccccc6n(-c6ccccc6-c6ccc(-c7ccccc7)cc6)c5ccc43)cc2)cc1. The van der Waals surface area contributed by atoms with Gasteiger partial charge in [0.1, 0.15) is 0 Å². The molecule has 0 atom stereocenters. The van der Waals surface area contributed by atoms with Gasteiger partial charge < -0.3 is 9.13 Å². The Hall–Kier alpha value is -7.42. The van der Waals surface area contributed by atoms with Crippen LogP contribution in [-0.4, -0.2) is 9.13 Å². The summed E-state index contributed by atoms with van der Waals surface area (Å²) in [4.78, 5) is 0. The van der Waals surface area contributed by atoms with E-state index in [1.165, 1.54) is 99.5 Å². The van der Waals surface area contributed by atoms with E-state index >= 15 is 0 Å². The van der Waals surface area contributed by atoms with Gasteiger partial charge in [0, 0.05) is 32.7 Å². The van der Waals surface area contributed by atoms with Gasteiger partial charge in [-0.2, -0.15) is 0 Å². The van der Waals surface area contributed by atoms with Crippen LogP contribution in [0.5, 0.6) is 0 Å². The molecule has 0 aliphatic rings. The van der Waals surface area contributed by atoms with Gasteiger partial charge in [0.2, 0.25) is 0 Å². The molecule has 56 heavy (non-hydrogen) atoms. The van der Waals surface area contributed by atoms with Crippen molar-refractivity contribution in [2.24, 2.45) is 0 Å². The molecule has 262 valence electrons. The maximum Gasteiger partial charge on any atom is 0.0549 e. The van der Waals surface area contributed by atoms with E-state index in [2.05, 4.69) is 228 Å². The summed E-state index contributed by atoms with van der Waals surface area (Å²) < 4.78 is 4.94. The van der Waals surface area contributed by atoms with Gasteiger partial charge in [-0.15, -0.1) is 0 Å². The van der Waals surface area contributed by atoms with Crippen LogP contribution in [0, 0.1) is 0 Å². The van der Waals surface area contributed by atoms with Gasteiger partial charge in [0.15, 0.2) is 0 Å². The molecule has 2 heterocycles. The summed E-state index contributed by atoms with van der Waals surface area (Å²) >= 11 is 0. The zero-order chi connectivity index (χ0) is 37.0. The van der Waals surface area contributed by atoms with Crippen LogP contribution < -0.4 is 0 Å². The van der Waals surface area contributed by atoms with E-state index in [-0.39, 0.29) is 0 Å². The lowest BCUT2D eigenvalue weighted by Crippen LogP contribution is -1.98. The van der Waals surface area contributed by atoms with Gasteiger partial charge in [-0.1, -0.05) is 182 Å². The molecule has 0 aliphatic heterocycles. The zero-order valence-corrected chi connectivity index (χ0v) is 30.7. The molecule has 9 aromatic carbocycles. The van der Waals surface area contributed by atoms with Crippen molar-refractivity contribution < 1.29 is 0 Å². The molecule has 0 saturated carbocycles. The number of hydrogen-bond acceptors (Lipinski definition) is 0. The minimum atomic E-state index is 1.17. The van der Waals surface area contributed by atoms with Crippen molar-refractivity contribution in [1.82, 2.24) is 9.13 Å². The summed E-state index contributed by atoms with van der Waals surface area (Å²) in [6, 6.07) is 79.3. The Kier molecular flexibility index (Phi) is 7.53. The van der Waals surface area contributed by atoms with Crippen LogP contribution in [0.1, 0.15) is 0 Å². The second-order valence-corrected chi connectivity index (χ2v) is 14.5. The van der Waals surface area contributed by atoms with Crippen LogP contribution >= 0.6 is 0 Å². The number of aromatic nitrogens is 2. The summed E-state index contributed by atoms with van der Waals surface area (Å²) in [5.41, 5.74) is 16.8. The van der Waals surface area contributed by atoms with Crippen LogP contribution in [0.25, 0.3) is 99.5 Å². The standard InChI is InChI=1S/C54H36N2/c1-3-15-37(16-4-1)39-27-31-41(32-28-39)43-19-7-11-23-47(43)55-49-25-13-9-21-45(49)53-51(55)35-36-52-54(53)46-22-10-14-26-50(46)56(52)48-24-12-8-20-44(48)42-33-29-40(30-34-42)38-17-5-2-6-18-38/h1-36H. The molecule has 0 radical (unpaired) electrons. The minimum absolute atomic E-state index is 1.17. The van der Waals surface area contributed by atoms with Crippen molar-refractivity contribution in [3.63, 3.8) is 0 Å². The predicted octanol–water partition coefficient (Wildman–Crippen LogP) is 14.5. The van der Waals surface area contributed by atoms with Gasteiger partial charge >= 0.3 is 0 Å². The molecular formula is C54H36N2. The molecule has 0 N–H and O–H groups in total. The van der Waals surface area contributed by atoms with Crippen molar-refractivity contribution >= 4 is 43.6 Å². The van der Waals surface area contributed by atoms with Crippen LogP contribution in [0.3, 0.4) is 0 Å². The first-order valence-electron chi connectivity index (χ1n) is 19.3. The van der Waals surface area contributed by atoms with Gasteiger partial charge in [-0.05, 0) is 69.8 Å². The molecule has 11 rings (SSSR count). The minimum Gasteiger partial charge on any atom is -0.309 e. The van der Waals surface area contributed by atoms with E-state index in [0.29, 0.717) is 0 Å². The molecule has 0 unspecified atom stereocenters. The Morgan fingerprint density at radius 2 is 0.536 bits per heavy atom. The normalized spacial score (nSPS) is 11.6. The topological polar surface area (TPSA) is 9.86 Å². The van der Waals surface area contributed by atoms with Crippen LogP contribution in [0.15, 0.2) is 218 Å². The number of hydrogen-bond donors (Lipinski definition) is 0. The smallest absolute Gasteiger partial charge is 0.0549 e. The zero-order valence-electron chi connectivity index (χ0n) is 30.7. The highest BCUT2D eigenvalue weighted by Crippen LogP contribution is 2.44. The number of nitrogens with zero attached hydrogens (tertiary/aromatic N) is 2. The number of para-hydroxylation sites is 4. The fourth-order valence-electron chi connectivity index (χ4n) is 8.81. The fraction of sp³-hybridized carbons (Fsp3) is 0. The summed E-state index contributed by atoms with van der Waals surface area (Å²) in [5, 5.41) is 5.03. The molecule has 0 aliphatic carbocycles. The van der Waals surface area contributed by atoms with Crippen molar-refractivity contribution in [2.45, 2.75) is 0 Å². The molecule has 2 nitrogen and oxygen atoms in total.